The third kappa shape index (κ3) is 6.02. The summed E-state index contributed by atoms with van der Waals surface area (Å²) in [6, 6.07) is 17.5. The number of nitrogens with one attached hydrogen (secondary N) is 1. The van der Waals surface area contributed by atoms with Gasteiger partial charge < -0.3 is 4.90 Å². The average molecular weight is 407 g/mol. The molecular weight excluding hydrogens is 389 g/mol. The van der Waals surface area contributed by atoms with E-state index in [-0.39, 0.29) is 30.4 Å². The van der Waals surface area contributed by atoms with Gasteiger partial charge in [-0.1, -0.05) is 48.2 Å². The maximum Gasteiger partial charge on any atom is 0.237 e. The van der Waals surface area contributed by atoms with Gasteiger partial charge >= 0.3 is 0 Å². The van der Waals surface area contributed by atoms with Crippen molar-refractivity contribution in [2.45, 2.75) is 11.6 Å². The summed E-state index contributed by atoms with van der Waals surface area (Å²) in [5.41, 5.74) is 1.59. The Morgan fingerprint density at radius 3 is 2.66 bits per heavy atom. The van der Waals surface area contributed by atoms with Gasteiger partial charge in [-0.25, -0.2) is 9.37 Å². The summed E-state index contributed by atoms with van der Waals surface area (Å²) in [7, 11) is 0. The molecule has 0 atom stereocenters. The molecule has 1 N–H and O–H groups in total. The lowest BCUT2D eigenvalue weighted by Crippen LogP contribution is -2.33. The predicted molar refractivity (Wildman–Crippen MR) is 111 cm³/mol. The Morgan fingerprint density at radius 2 is 1.93 bits per heavy atom. The first-order chi connectivity index (χ1) is 14.2. The molecule has 3 rings (SSSR count). The van der Waals surface area contributed by atoms with Crippen LogP contribution in [0.4, 0.5) is 10.1 Å². The van der Waals surface area contributed by atoms with Crippen LogP contribution in [-0.4, -0.2) is 33.4 Å². The maximum atomic E-state index is 13.2. The lowest BCUT2D eigenvalue weighted by molar-refractivity contribution is -0.116. The van der Waals surface area contributed by atoms with E-state index >= 15 is 0 Å². The van der Waals surface area contributed by atoms with Crippen LogP contribution in [0.3, 0.4) is 0 Å². The molecule has 0 saturated heterocycles. The van der Waals surface area contributed by atoms with Gasteiger partial charge in [-0.05, 0) is 35.9 Å². The molecule has 29 heavy (non-hydrogen) atoms. The number of halogens is 1. The highest BCUT2D eigenvalue weighted by molar-refractivity contribution is 7.99. The summed E-state index contributed by atoms with van der Waals surface area (Å²) < 4.78 is 13.2. The van der Waals surface area contributed by atoms with Gasteiger partial charge in [-0.3, -0.25) is 9.89 Å². The van der Waals surface area contributed by atoms with Crippen LogP contribution in [0.5, 0.6) is 0 Å². The molecule has 0 bridgehead atoms. The minimum absolute atomic E-state index is 0.0997. The molecule has 6 nitrogen and oxygen atoms in total. The Balaban J connectivity index is 1.61. The molecule has 0 aliphatic heterocycles. The number of hydrogen-bond donors (Lipinski definition) is 1. The fraction of sp³-hybridized carbons (Fsp3) is 0.143. The quantitative estimate of drug-likeness (QED) is 0.567. The van der Waals surface area contributed by atoms with Crippen molar-refractivity contribution in [3.8, 4) is 6.07 Å². The minimum Gasteiger partial charge on any atom is -0.311 e. The summed E-state index contributed by atoms with van der Waals surface area (Å²) in [6.07, 6.45) is 3.91. The zero-order valence-electron chi connectivity index (χ0n) is 15.5. The topological polar surface area (TPSA) is 85.7 Å². The van der Waals surface area contributed by atoms with Crippen molar-refractivity contribution < 1.29 is 9.18 Å². The van der Waals surface area contributed by atoms with Gasteiger partial charge in [0.05, 0.1) is 18.2 Å². The molecule has 0 saturated carbocycles. The van der Waals surface area contributed by atoms with Crippen LogP contribution < -0.4 is 4.90 Å². The molecule has 146 valence electrons. The number of nitrogens with zero attached hydrogens (tertiary/aromatic N) is 4. The molecular formula is C21H18FN5OS. The SMILES string of the molecule is N#CCCN(C(=O)CSc1n[nH]c(/C=C/c2ccccc2)n1)c1ccc(F)cc1. The van der Waals surface area contributed by atoms with Crippen LogP contribution in [-0.2, 0) is 4.79 Å². The second-order valence-electron chi connectivity index (χ2n) is 5.97. The second-order valence-corrected chi connectivity index (χ2v) is 6.91. The van der Waals surface area contributed by atoms with E-state index in [1.807, 2.05) is 48.6 Å². The summed E-state index contributed by atoms with van der Waals surface area (Å²) >= 11 is 1.20. The molecule has 1 aromatic heterocycles. The monoisotopic (exact) mass is 407 g/mol. The largest absolute Gasteiger partial charge is 0.311 e. The van der Waals surface area contributed by atoms with Gasteiger partial charge in [-0.15, -0.1) is 5.10 Å². The first-order valence-electron chi connectivity index (χ1n) is 8.87. The number of aromatic nitrogens is 3. The van der Waals surface area contributed by atoms with Gasteiger partial charge in [0.15, 0.2) is 0 Å². The second kappa shape index (κ2) is 10.2. The van der Waals surface area contributed by atoms with Gasteiger partial charge in [0, 0.05) is 12.2 Å². The van der Waals surface area contributed by atoms with Crippen LogP contribution >= 0.6 is 11.8 Å². The number of aromatic amines is 1. The maximum absolute atomic E-state index is 13.2. The molecule has 0 spiro atoms. The van der Waals surface area contributed by atoms with Gasteiger partial charge in [-0.2, -0.15) is 5.26 Å². The van der Waals surface area contributed by atoms with Crippen LogP contribution in [0.2, 0.25) is 0 Å². The minimum atomic E-state index is -0.382. The van der Waals surface area contributed by atoms with E-state index in [0.717, 1.165) is 5.56 Å². The Morgan fingerprint density at radius 1 is 1.17 bits per heavy atom. The standard InChI is InChI=1S/C21H18FN5OS/c22-17-8-10-18(11-9-17)27(14-4-13-23)20(28)15-29-21-24-19(25-26-21)12-7-16-5-2-1-3-6-16/h1-3,5-12H,4,14-15H2,(H,24,25,26)/b12-7+. The Hall–Kier alpha value is -3.44. The van der Waals surface area contributed by atoms with Crippen molar-refractivity contribution in [1.29, 1.82) is 5.26 Å². The number of carbonyl (C=O) groups excluding carboxylic acids is 1. The molecule has 3 aromatic rings. The molecule has 0 aliphatic rings. The number of amides is 1. The van der Waals surface area contributed by atoms with E-state index in [9.17, 15) is 9.18 Å². The van der Waals surface area contributed by atoms with Crippen molar-refractivity contribution in [2.24, 2.45) is 0 Å². The average Bonchev–Trinajstić information content (AvgIpc) is 3.21. The first-order valence-corrected chi connectivity index (χ1v) is 9.85. The van der Waals surface area contributed by atoms with E-state index in [1.165, 1.54) is 40.9 Å². The first kappa shape index (κ1) is 20.3. The molecule has 0 unspecified atom stereocenters. The molecule has 8 heteroatoms. The fourth-order valence-corrected chi connectivity index (χ4v) is 3.20. The van der Waals surface area contributed by atoms with Crippen molar-refractivity contribution in [2.75, 3.05) is 17.2 Å². The number of rotatable bonds is 8. The van der Waals surface area contributed by atoms with Gasteiger partial charge in [0.2, 0.25) is 11.1 Å². The highest BCUT2D eigenvalue weighted by atomic mass is 32.2. The molecule has 2 aromatic carbocycles. The lowest BCUT2D eigenvalue weighted by atomic mass is 10.2. The van der Waals surface area contributed by atoms with Gasteiger partial charge in [0.25, 0.3) is 0 Å². The Kier molecular flexibility index (Phi) is 7.14. The third-order valence-electron chi connectivity index (χ3n) is 3.93. The summed E-state index contributed by atoms with van der Waals surface area (Å²) in [6.45, 7) is 0.237. The molecule has 0 fully saturated rings. The van der Waals surface area contributed by atoms with Crippen molar-refractivity contribution in [1.82, 2.24) is 15.2 Å². The van der Waals surface area contributed by atoms with Crippen molar-refractivity contribution in [3.05, 3.63) is 71.8 Å². The normalized spacial score (nSPS) is 10.8. The number of hydrogen-bond acceptors (Lipinski definition) is 5. The zero-order chi connectivity index (χ0) is 20.5. The highest BCUT2D eigenvalue weighted by Gasteiger charge is 2.17. The van der Waals surface area contributed by atoms with Crippen molar-refractivity contribution in [3.63, 3.8) is 0 Å². The summed E-state index contributed by atoms with van der Waals surface area (Å²) in [4.78, 5) is 18.5. The number of nitriles is 1. The van der Waals surface area contributed by atoms with E-state index in [4.69, 9.17) is 5.26 Å². The molecule has 1 heterocycles. The molecule has 1 amide bonds. The van der Waals surface area contributed by atoms with Crippen LogP contribution in [0.25, 0.3) is 12.2 Å². The van der Waals surface area contributed by atoms with E-state index in [2.05, 4.69) is 15.2 Å². The predicted octanol–water partition coefficient (Wildman–Crippen LogP) is 4.15. The highest BCUT2D eigenvalue weighted by Crippen LogP contribution is 2.19. The molecule has 0 aliphatic carbocycles. The van der Waals surface area contributed by atoms with E-state index in [1.54, 1.807) is 0 Å². The zero-order valence-corrected chi connectivity index (χ0v) is 16.3. The Labute approximate surface area is 172 Å². The summed E-state index contributed by atoms with van der Waals surface area (Å²) in [5.74, 6) is 0.0991. The third-order valence-corrected chi connectivity index (χ3v) is 4.76. The van der Waals surface area contributed by atoms with Crippen LogP contribution in [0.15, 0.2) is 59.8 Å². The number of carbonyl (C=O) groups is 1. The molecule has 0 radical (unpaired) electrons. The number of benzene rings is 2. The van der Waals surface area contributed by atoms with E-state index < -0.39 is 0 Å². The van der Waals surface area contributed by atoms with E-state index in [0.29, 0.717) is 16.7 Å². The summed E-state index contributed by atoms with van der Waals surface area (Å²) in [5, 5.41) is 16.2. The van der Waals surface area contributed by atoms with Crippen molar-refractivity contribution >= 4 is 35.5 Å². The lowest BCUT2D eigenvalue weighted by Gasteiger charge is -2.21. The smallest absolute Gasteiger partial charge is 0.237 e. The van der Waals surface area contributed by atoms with Crippen LogP contribution in [0.1, 0.15) is 17.8 Å². The van der Waals surface area contributed by atoms with Crippen LogP contribution in [0, 0.1) is 17.1 Å². The Bertz CT molecular complexity index is 1010. The fourth-order valence-electron chi connectivity index (χ4n) is 2.52. The van der Waals surface area contributed by atoms with Gasteiger partial charge in [0.1, 0.15) is 11.6 Å². The number of anilines is 1. The number of H-pyrrole nitrogens is 1. The number of thioether (sulfide) groups is 1.